The van der Waals surface area contributed by atoms with Crippen LogP contribution in [0.15, 0.2) is 212 Å². The number of nitrogens with one attached hydrogen (secondary N) is 1. The maximum atomic E-state index is 12.8. The van der Waals surface area contributed by atoms with Crippen molar-refractivity contribution in [2.24, 2.45) is 11.8 Å². The lowest BCUT2D eigenvalue weighted by molar-refractivity contribution is 0.0792. The number of aromatic amines is 1. The maximum Gasteiger partial charge on any atom is 0.189 e. The molecular weight excluding hydrogens is 1430 g/mol. The first-order valence-electron chi connectivity index (χ1n) is 40.8. The Bertz CT molecular complexity index is 6540. The molecule has 0 saturated heterocycles. The summed E-state index contributed by atoms with van der Waals surface area (Å²) in [5.41, 5.74) is 37.3. The summed E-state index contributed by atoms with van der Waals surface area (Å²) in [6.07, 6.45) is 9.05. The molecule has 0 saturated carbocycles. The predicted molar refractivity (Wildman–Crippen MR) is 496 cm³/mol. The Kier molecular flexibility index (Phi) is 26.3. The fourth-order valence-electron chi connectivity index (χ4n) is 17.0. The van der Waals surface area contributed by atoms with Crippen LogP contribution in [0.3, 0.4) is 0 Å². The molecule has 18 rings (SSSR count). The van der Waals surface area contributed by atoms with Crippen molar-refractivity contribution in [1.82, 2.24) is 19.9 Å². The minimum absolute atomic E-state index is 0.0224. The molecule has 0 amide bonds. The number of hydrogen-bond donors (Lipinski definition) is 1. The lowest BCUT2D eigenvalue weighted by Gasteiger charge is -2.32. The summed E-state index contributed by atoms with van der Waals surface area (Å²) < 4.78 is 0. The van der Waals surface area contributed by atoms with Crippen LogP contribution in [0.5, 0.6) is 0 Å². The summed E-state index contributed by atoms with van der Waals surface area (Å²) >= 11 is 0. The molecule has 0 fully saturated rings. The lowest BCUT2D eigenvalue weighted by Crippen LogP contribution is -2.38. The van der Waals surface area contributed by atoms with Crippen molar-refractivity contribution in [3.05, 3.63) is 368 Å². The molecule has 2 atom stereocenters. The van der Waals surface area contributed by atoms with Gasteiger partial charge in [-0.3, -0.25) is 29.1 Å². The zero-order valence-electron chi connectivity index (χ0n) is 73.7. The minimum Gasteiger partial charge on any atom is -0.342 e. The quantitative estimate of drug-likeness (QED) is 0.150. The van der Waals surface area contributed by atoms with Crippen LogP contribution in [0.4, 0.5) is 0 Å². The van der Waals surface area contributed by atoms with Crippen molar-refractivity contribution in [2.75, 3.05) is 0 Å². The van der Waals surface area contributed by atoms with Crippen molar-refractivity contribution >= 4 is 99.1 Å². The lowest BCUT2D eigenvalue weighted by atomic mass is 9.68. The molecule has 8 nitrogen and oxygen atoms in total. The van der Waals surface area contributed by atoms with E-state index in [-0.39, 0.29) is 35.0 Å². The molecule has 3 heterocycles. The molecular formula is C109H114N4O4. The van der Waals surface area contributed by atoms with Gasteiger partial charge in [-0.05, 0) is 376 Å². The molecule has 3 aromatic heterocycles. The Hall–Kier alpha value is -12.1. The second-order valence-corrected chi connectivity index (χ2v) is 32.9. The van der Waals surface area contributed by atoms with Gasteiger partial charge in [0.2, 0.25) is 0 Å². The highest BCUT2D eigenvalue weighted by Crippen LogP contribution is 2.41. The number of ketones is 4. The summed E-state index contributed by atoms with van der Waals surface area (Å²) in [5.74, 6) is 0.482. The molecule has 1 N–H and O–H groups in total. The molecule has 0 aliphatic heterocycles. The third kappa shape index (κ3) is 17.8. The van der Waals surface area contributed by atoms with Gasteiger partial charge in [-0.1, -0.05) is 169 Å². The van der Waals surface area contributed by atoms with Crippen molar-refractivity contribution in [3.8, 4) is 0 Å². The largest absolute Gasteiger partial charge is 0.342 e. The number of rotatable bonds is 0. The number of carbonyl (C=O) groups is 4. The predicted octanol–water partition coefficient (Wildman–Crippen LogP) is 27.9. The number of imidazole rings is 1. The van der Waals surface area contributed by atoms with Crippen LogP contribution in [0, 0.1) is 178 Å². The number of H-pyrrole nitrogens is 1. The van der Waals surface area contributed by atoms with E-state index in [1.165, 1.54) is 166 Å². The van der Waals surface area contributed by atoms with E-state index in [1.807, 2.05) is 90.2 Å². The number of allylic oxidation sites excluding steroid dienone is 6. The van der Waals surface area contributed by atoms with Crippen LogP contribution in [0.25, 0.3) is 75.9 Å². The Labute approximate surface area is 693 Å². The van der Waals surface area contributed by atoms with Crippen LogP contribution >= 0.6 is 0 Å². The van der Waals surface area contributed by atoms with E-state index in [0.29, 0.717) is 27.8 Å². The van der Waals surface area contributed by atoms with E-state index >= 15 is 0 Å². The number of pyridine rings is 2. The standard InChI is InChI=1S/C18H18.C17H16O2.C14H16.C13H12O2.C13H14.2C12H13N.C10H12N2/c1-11-6-5-7-15-14(4)18-13(3)9-8-12(2)17(18)10-16(11)15;1-9-5-4-6-12-13(9)17(19)15-11(3)8-7-10(2)14(15)16(12)18;1-9-6-5-7-13-8-10(2)11(3)12(4)14(9)13;1-7-4-5-8(2)12-11(7)10(14)6-9(3)13(12)15;1-9-7-8-11(3)13-10(2)5-4-6-12(9)13;1-8-5-4-6-12-11(8)7-9(2)10(3)13-12;1-8-5-4-6-11-12(8)10(3)9(2)7-13-11;1-6-4-5-7(2)10-9(6)11-8(3)12-10/h5-10H,1-4H3;4-8,12-13H,1-3H3;5-8H,1-4H3;4-6H,1-3H3;4-8H,1-3H3;2*4-7H,1-3H3;4-5H,1-3H3,(H,11,12). The summed E-state index contributed by atoms with van der Waals surface area (Å²) in [7, 11) is 0. The summed E-state index contributed by atoms with van der Waals surface area (Å²) in [6.45, 7) is 54.2. The van der Waals surface area contributed by atoms with Gasteiger partial charge in [-0.2, -0.15) is 0 Å². The second kappa shape index (κ2) is 35.9. The Morgan fingerprint density at radius 2 is 0.812 bits per heavy atom. The van der Waals surface area contributed by atoms with E-state index in [1.54, 1.807) is 6.92 Å². The number of nitrogens with zero attached hydrogens (tertiary/aromatic N) is 3. The fourth-order valence-corrected chi connectivity index (χ4v) is 17.0. The highest BCUT2D eigenvalue weighted by Gasteiger charge is 2.43. The molecule has 0 bridgehead atoms. The molecule has 117 heavy (non-hydrogen) atoms. The molecule has 594 valence electrons. The molecule has 0 spiro atoms. The molecule has 3 aliphatic carbocycles. The zero-order chi connectivity index (χ0) is 85.0. The van der Waals surface area contributed by atoms with Gasteiger partial charge < -0.3 is 4.98 Å². The normalized spacial score (nSPS) is 13.7. The molecule has 15 aromatic rings. The SMILES string of the molecule is CC1=CC(=O)c2c(C)ccc(C)c2C1=O.CC1=CC=CC2C(=O)c3c(C)ccc(C)c3C(=O)C12.Cc1cc2c(C)cccc2nc1C.Cc1cc2cccc(C)c2c(C)c1C.Cc1ccc(C)c2c(C)cccc12.Cc1cccc2c(C)c3c(C)ccc(C)c3cc12.Cc1cnc2cccc(C)c2c1C.Cc1nc2c(C)ccc(C)c2[nH]1. The molecule has 12 aromatic carbocycles. The van der Waals surface area contributed by atoms with E-state index in [4.69, 9.17) is 0 Å². The van der Waals surface area contributed by atoms with Crippen LogP contribution in [-0.4, -0.2) is 43.1 Å². The van der Waals surface area contributed by atoms with Crippen molar-refractivity contribution in [1.29, 1.82) is 0 Å². The number of aryl methyl sites for hydroxylation is 23. The van der Waals surface area contributed by atoms with Crippen molar-refractivity contribution < 1.29 is 19.2 Å². The maximum absolute atomic E-state index is 12.8. The third-order valence-electron chi connectivity index (χ3n) is 24.3. The zero-order valence-corrected chi connectivity index (χ0v) is 73.7. The van der Waals surface area contributed by atoms with E-state index in [2.05, 4.69) is 297 Å². The first-order chi connectivity index (χ1) is 55.5. The second-order valence-electron chi connectivity index (χ2n) is 32.9. The highest BCUT2D eigenvalue weighted by molar-refractivity contribution is 6.25. The van der Waals surface area contributed by atoms with E-state index in [9.17, 15) is 19.2 Å². The third-order valence-corrected chi connectivity index (χ3v) is 24.3. The van der Waals surface area contributed by atoms with Crippen LogP contribution < -0.4 is 0 Å². The van der Waals surface area contributed by atoms with E-state index in [0.717, 1.165) is 55.9 Å². The molecule has 8 heteroatoms. The summed E-state index contributed by atoms with van der Waals surface area (Å²) in [6, 6.07) is 59.6. The molecule has 3 aliphatic rings. The van der Waals surface area contributed by atoms with Crippen LogP contribution in [0.1, 0.15) is 189 Å². The number of fused-ring (bicyclic) bond motifs is 10. The molecule has 2 unspecified atom stereocenters. The summed E-state index contributed by atoms with van der Waals surface area (Å²) in [4.78, 5) is 65.8. The number of hydrogen-bond acceptors (Lipinski definition) is 7. The number of carbonyl (C=O) groups excluding carboxylic acids is 4. The van der Waals surface area contributed by atoms with Gasteiger partial charge in [0.1, 0.15) is 5.82 Å². The number of benzene rings is 12. The first-order valence-corrected chi connectivity index (χ1v) is 40.8. The van der Waals surface area contributed by atoms with Crippen LogP contribution in [-0.2, 0) is 0 Å². The van der Waals surface area contributed by atoms with Crippen molar-refractivity contribution in [3.63, 3.8) is 0 Å². The monoisotopic (exact) mass is 1540 g/mol. The average Bonchev–Trinajstić information content (AvgIpc) is 1.15. The average molecular weight is 1540 g/mol. The molecule has 0 radical (unpaired) electrons. The van der Waals surface area contributed by atoms with Gasteiger partial charge in [0.25, 0.3) is 0 Å². The van der Waals surface area contributed by atoms with Gasteiger partial charge in [0.05, 0.1) is 33.9 Å². The van der Waals surface area contributed by atoms with Gasteiger partial charge in [0.15, 0.2) is 23.1 Å². The Balaban J connectivity index is 0.000000132. The van der Waals surface area contributed by atoms with E-state index < -0.39 is 0 Å². The Morgan fingerprint density at radius 3 is 1.44 bits per heavy atom. The topological polar surface area (TPSA) is 123 Å². The minimum atomic E-state index is -0.314. The summed E-state index contributed by atoms with van der Waals surface area (Å²) in [5, 5.41) is 13.8. The fraction of sp³-hybridized carbons (Fsp3) is 0.257. The first kappa shape index (κ1) is 85.7. The van der Waals surface area contributed by atoms with Gasteiger partial charge in [0, 0.05) is 50.5 Å². The van der Waals surface area contributed by atoms with Gasteiger partial charge in [-0.15, -0.1) is 0 Å². The smallest absolute Gasteiger partial charge is 0.189 e. The van der Waals surface area contributed by atoms with Gasteiger partial charge in [-0.25, -0.2) is 4.98 Å². The van der Waals surface area contributed by atoms with Crippen molar-refractivity contribution in [2.45, 2.75) is 180 Å². The number of Topliss-reactive ketones (excluding diaryl/α,β-unsaturated/α-hetero) is 3. The number of aromatic nitrogens is 4. The Morgan fingerprint density at radius 1 is 0.325 bits per heavy atom. The highest BCUT2D eigenvalue weighted by atomic mass is 16.1. The van der Waals surface area contributed by atoms with Crippen LogP contribution in [0.2, 0.25) is 0 Å². The van der Waals surface area contributed by atoms with Gasteiger partial charge >= 0.3 is 0 Å².